The van der Waals surface area contributed by atoms with Crippen molar-refractivity contribution in [3.05, 3.63) is 35.9 Å². The summed E-state index contributed by atoms with van der Waals surface area (Å²) in [6.45, 7) is 2.37. The lowest BCUT2D eigenvalue weighted by Gasteiger charge is -2.16. The summed E-state index contributed by atoms with van der Waals surface area (Å²) in [5.74, 6) is 0. The summed E-state index contributed by atoms with van der Waals surface area (Å²) in [5.41, 5.74) is 1.41. The van der Waals surface area contributed by atoms with Gasteiger partial charge in [0.25, 0.3) is 0 Å². The van der Waals surface area contributed by atoms with Crippen molar-refractivity contribution in [2.45, 2.75) is 17.9 Å². The van der Waals surface area contributed by atoms with Crippen molar-refractivity contribution < 1.29 is 4.74 Å². The van der Waals surface area contributed by atoms with Gasteiger partial charge in [0.15, 0.2) is 0 Å². The second-order valence-corrected chi connectivity index (χ2v) is 6.39. The SMILES string of the molecule is CP1CCC2OC21c1ccccc1. The van der Waals surface area contributed by atoms with Gasteiger partial charge in [-0.2, -0.15) is 0 Å². The van der Waals surface area contributed by atoms with Crippen molar-refractivity contribution >= 4 is 7.92 Å². The van der Waals surface area contributed by atoms with Gasteiger partial charge < -0.3 is 4.74 Å². The maximum Gasteiger partial charge on any atom is 0.138 e. The highest BCUT2D eigenvalue weighted by atomic mass is 31.1. The minimum absolute atomic E-state index is 0.0651. The monoisotopic (exact) mass is 192 g/mol. The zero-order chi connectivity index (χ0) is 8.89. The standard InChI is InChI=1S/C11H13OP/c1-13-8-7-10-11(13,12-10)9-5-3-2-4-6-9/h2-6,10H,7-8H2,1H3. The number of hydrogen-bond donors (Lipinski definition) is 0. The zero-order valence-corrected chi connectivity index (χ0v) is 8.63. The van der Waals surface area contributed by atoms with Crippen LogP contribution in [0.3, 0.4) is 0 Å². The van der Waals surface area contributed by atoms with Gasteiger partial charge in [0.2, 0.25) is 0 Å². The van der Waals surface area contributed by atoms with Crippen LogP contribution in [0.25, 0.3) is 0 Å². The summed E-state index contributed by atoms with van der Waals surface area (Å²) in [6.07, 6.45) is 3.21. The summed E-state index contributed by atoms with van der Waals surface area (Å²) in [6, 6.07) is 10.7. The van der Waals surface area contributed by atoms with Crippen LogP contribution >= 0.6 is 7.92 Å². The maximum atomic E-state index is 5.87. The predicted octanol–water partition coefficient (Wildman–Crippen LogP) is 2.75. The molecule has 2 heteroatoms. The van der Waals surface area contributed by atoms with Crippen LogP contribution in [0.2, 0.25) is 0 Å². The second kappa shape index (κ2) is 2.56. The van der Waals surface area contributed by atoms with E-state index in [1.54, 1.807) is 0 Å². The fraction of sp³-hybridized carbons (Fsp3) is 0.455. The van der Waals surface area contributed by atoms with E-state index in [9.17, 15) is 0 Å². The Morgan fingerprint density at radius 2 is 2.15 bits per heavy atom. The molecular weight excluding hydrogens is 179 g/mol. The Bertz CT molecular complexity index is 324. The first-order valence-corrected chi connectivity index (χ1v) is 6.76. The first-order valence-electron chi connectivity index (χ1n) is 4.78. The molecule has 13 heavy (non-hydrogen) atoms. The quantitative estimate of drug-likeness (QED) is 0.492. The third-order valence-corrected chi connectivity index (χ3v) is 5.90. The van der Waals surface area contributed by atoms with Crippen LogP contribution in [0.4, 0.5) is 0 Å². The van der Waals surface area contributed by atoms with E-state index >= 15 is 0 Å². The van der Waals surface area contributed by atoms with E-state index < -0.39 is 0 Å². The predicted molar refractivity (Wildman–Crippen MR) is 55.3 cm³/mol. The molecule has 0 bridgehead atoms. The second-order valence-electron chi connectivity index (χ2n) is 3.88. The smallest absolute Gasteiger partial charge is 0.138 e. The van der Waals surface area contributed by atoms with E-state index in [-0.39, 0.29) is 13.3 Å². The molecule has 2 fully saturated rings. The van der Waals surface area contributed by atoms with Crippen LogP contribution in [0, 0.1) is 0 Å². The van der Waals surface area contributed by atoms with E-state index in [1.807, 2.05) is 0 Å². The van der Waals surface area contributed by atoms with Crippen LogP contribution in [0.1, 0.15) is 12.0 Å². The van der Waals surface area contributed by atoms with Gasteiger partial charge in [0.05, 0.1) is 6.10 Å². The lowest BCUT2D eigenvalue weighted by molar-refractivity contribution is 0.344. The van der Waals surface area contributed by atoms with E-state index in [4.69, 9.17) is 4.74 Å². The van der Waals surface area contributed by atoms with E-state index in [0.717, 1.165) is 0 Å². The third-order valence-electron chi connectivity index (χ3n) is 3.18. The molecule has 2 saturated heterocycles. The van der Waals surface area contributed by atoms with Gasteiger partial charge >= 0.3 is 0 Å². The van der Waals surface area contributed by atoms with Crippen LogP contribution in [0.5, 0.6) is 0 Å². The number of ether oxygens (including phenoxy) is 1. The fourth-order valence-electron chi connectivity index (χ4n) is 2.40. The molecule has 1 nitrogen and oxygen atoms in total. The van der Waals surface area contributed by atoms with E-state index in [2.05, 4.69) is 37.0 Å². The molecule has 2 heterocycles. The van der Waals surface area contributed by atoms with Crippen molar-refractivity contribution in [2.75, 3.05) is 12.8 Å². The number of benzene rings is 1. The Kier molecular flexibility index (Phi) is 1.57. The van der Waals surface area contributed by atoms with Crippen molar-refractivity contribution in [2.24, 2.45) is 0 Å². The lowest BCUT2D eigenvalue weighted by atomic mass is 10.1. The largest absolute Gasteiger partial charge is 0.356 e. The van der Waals surface area contributed by atoms with Gasteiger partial charge in [0, 0.05) is 0 Å². The molecule has 0 aliphatic carbocycles. The fourth-order valence-corrected chi connectivity index (χ4v) is 4.87. The summed E-state index contributed by atoms with van der Waals surface area (Å²) in [5, 5.41) is 0.177. The van der Waals surface area contributed by atoms with Crippen LogP contribution < -0.4 is 0 Å². The van der Waals surface area contributed by atoms with Gasteiger partial charge in [-0.1, -0.05) is 38.3 Å². The first kappa shape index (κ1) is 7.96. The minimum atomic E-state index is 0.0651. The van der Waals surface area contributed by atoms with Crippen molar-refractivity contribution in [1.82, 2.24) is 0 Å². The highest BCUT2D eigenvalue weighted by molar-refractivity contribution is 7.58. The lowest BCUT2D eigenvalue weighted by Crippen LogP contribution is -2.04. The topological polar surface area (TPSA) is 12.5 Å². The summed E-state index contributed by atoms with van der Waals surface area (Å²) in [4.78, 5) is 0. The first-order chi connectivity index (χ1) is 6.34. The van der Waals surface area contributed by atoms with Gasteiger partial charge in [-0.3, -0.25) is 0 Å². The molecule has 1 aromatic rings. The number of hydrogen-bond acceptors (Lipinski definition) is 1. The molecule has 1 aromatic carbocycles. The Hall–Kier alpha value is -0.390. The van der Waals surface area contributed by atoms with Crippen LogP contribution in [0.15, 0.2) is 30.3 Å². The molecular formula is C11H13OP. The number of epoxide rings is 1. The van der Waals surface area contributed by atoms with E-state index in [0.29, 0.717) is 6.10 Å². The summed E-state index contributed by atoms with van der Waals surface area (Å²) >= 11 is 0. The molecule has 3 atom stereocenters. The van der Waals surface area contributed by atoms with Crippen molar-refractivity contribution in [1.29, 1.82) is 0 Å². The van der Waals surface area contributed by atoms with Crippen LogP contribution in [-0.2, 0) is 10.1 Å². The molecule has 0 saturated carbocycles. The highest BCUT2D eigenvalue weighted by Crippen LogP contribution is 2.73. The molecule has 3 rings (SSSR count). The molecule has 2 aliphatic heterocycles. The Labute approximate surface area is 79.9 Å². The summed E-state index contributed by atoms with van der Waals surface area (Å²) < 4.78 is 5.87. The molecule has 68 valence electrons. The molecule has 0 N–H and O–H groups in total. The average Bonchev–Trinajstić information content (AvgIpc) is 2.84. The normalized spacial score (nSPS) is 41.6. The van der Waals surface area contributed by atoms with Crippen molar-refractivity contribution in [3.8, 4) is 0 Å². The zero-order valence-electron chi connectivity index (χ0n) is 7.73. The molecule has 0 radical (unpaired) electrons. The van der Waals surface area contributed by atoms with Crippen molar-refractivity contribution in [3.63, 3.8) is 0 Å². The average molecular weight is 192 g/mol. The van der Waals surface area contributed by atoms with Gasteiger partial charge in [-0.25, -0.2) is 0 Å². The highest BCUT2D eigenvalue weighted by Gasteiger charge is 2.64. The van der Waals surface area contributed by atoms with Gasteiger partial charge in [-0.15, -0.1) is 0 Å². The molecule has 2 aliphatic rings. The molecule has 0 amide bonds. The van der Waals surface area contributed by atoms with Gasteiger partial charge in [0.1, 0.15) is 5.34 Å². The summed E-state index contributed by atoms with van der Waals surface area (Å²) in [7, 11) is 0.0651. The number of fused-ring (bicyclic) bond motifs is 1. The minimum Gasteiger partial charge on any atom is -0.356 e. The molecule has 0 aromatic heterocycles. The third kappa shape index (κ3) is 0.949. The maximum absolute atomic E-state index is 5.87. The van der Waals surface area contributed by atoms with E-state index in [1.165, 1.54) is 18.1 Å². The Balaban J connectivity index is 2.02. The molecule has 0 spiro atoms. The number of rotatable bonds is 1. The van der Waals surface area contributed by atoms with Gasteiger partial charge in [-0.05, 0) is 24.8 Å². The molecule has 3 unspecified atom stereocenters. The van der Waals surface area contributed by atoms with Crippen LogP contribution in [-0.4, -0.2) is 18.9 Å². The Morgan fingerprint density at radius 1 is 1.38 bits per heavy atom. The Morgan fingerprint density at radius 3 is 2.69 bits per heavy atom.